The first-order chi connectivity index (χ1) is 15.6. The predicted molar refractivity (Wildman–Crippen MR) is 134 cm³/mol. The minimum atomic E-state index is -4.35. The first-order valence-electron chi connectivity index (χ1n) is 11.1. The Morgan fingerprint density at radius 3 is 2.15 bits per heavy atom. The van der Waals surface area contributed by atoms with Gasteiger partial charge in [-0.1, -0.05) is 20.8 Å². The topological polar surface area (TPSA) is 57.8 Å². The van der Waals surface area contributed by atoms with E-state index in [1.54, 1.807) is 34.6 Å². The number of ketones is 1. The molecule has 0 bridgehead atoms. The normalized spacial score (nSPS) is 11.1. The maximum atomic E-state index is 12.8. The van der Waals surface area contributed by atoms with Gasteiger partial charge < -0.3 is 10.0 Å². The summed E-state index contributed by atoms with van der Waals surface area (Å²) in [6, 6.07) is 2.18. The van der Waals surface area contributed by atoms with Crippen molar-refractivity contribution >= 4 is 16.9 Å². The number of hydrogen-bond donors (Lipinski definition) is 1. The second kappa shape index (κ2) is 15.2. The molecule has 1 N–H and O–H groups in total. The summed E-state index contributed by atoms with van der Waals surface area (Å²) in [5.74, 6) is 2.36. The van der Waals surface area contributed by atoms with Gasteiger partial charge in [0.1, 0.15) is 5.78 Å². The summed E-state index contributed by atoms with van der Waals surface area (Å²) >= 11 is 0. The van der Waals surface area contributed by atoms with Crippen molar-refractivity contribution in [1.82, 2.24) is 14.5 Å². The van der Waals surface area contributed by atoms with Gasteiger partial charge in [-0.05, 0) is 52.3 Å². The molecule has 2 heterocycles. The van der Waals surface area contributed by atoms with Gasteiger partial charge in [-0.2, -0.15) is 18.3 Å². The average molecular weight is 484 g/mol. The molecule has 192 valence electrons. The van der Waals surface area contributed by atoms with Crippen LogP contribution in [-0.2, 0) is 11.0 Å². The maximum Gasteiger partial charge on any atom is 0.416 e. The molecule has 0 unspecified atom stereocenters. The maximum absolute atomic E-state index is 12.8. The third kappa shape index (κ3) is 12.4. The molecule has 0 aliphatic rings. The Labute approximate surface area is 202 Å². The van der Waals surface area contributed by atoms with E-state index in [2.05, 4.69) is 17.4 Å². The lowest BCUT2D eigenvalue weighted by molar-refractivity contribution is -0.137. The quantitative estimate of drug-likeness (QED) is 0.502. The van der Waals surface area contributed by atoms with E-state index < -0.39 is 17.3 Å². The van der Waals surface area contributed by atoms with Crippen LogP contribution in [0.1, 0.15) is 78.1 Å². The van der Waals surface area contributed by atoms with E-state index in [1.165, 1.54) is 10.7 Å². The molecule has 0 spiro atoms. The summed E-state index contributed by atoms with van der Waals surface area (Å²) in [6.45, 7) is 14.4. The largest absolute Gasteiger partial charge is 0.416 e. The van der Waals surface area contributed by atoms with Gasteiger partial charge in [0.25, 0.3) is 0 Å². The number of aromatic nitrogens is 2. The number of allylic oxidation sites excluding steroid dienone is 1. The highest BCUT2D eigenvalue weighted by Gasteiger charge is 2.31. The predicted octanol–water partition coefficient (Wildman–Crippen LogP) is 6.38. The number of halogens is 3. The molecular weight excluding hydrogens is 443 g/mol. The Morgan fingerprint density at radius 1 is 1.29 bits per heavy atom. The molecule has 0 aliphatic carbocycles. The van der Waals surface area contributed by atoms with Gasteiger partial charge in [0.2, 0.25) is 0 Å². The summed E-state index contributed by atoms with van der Waals surface area (Å²) in [4.78, 5) is 12.5. The van der Waals surface area contributed by atoms with E-state index in [0.717, 1.165) is 23.3 Å². The monoisotopic (exact) mass is 483 g/mol. The number of pyridine rings is 1. The van der Waals surface area contributed by atoms with Gasteiger partial charge in [0, 0.05) is 44.9 Å². The SMILES string of the molecule is C#CC.C/C(=C\N(C)C)c1c(C)nn2ccc(C(F)(F)F)cc12.CC.CCC(=O)CC(C)(C)O. The molecule has 2 aromatic rings. The number of rotatable bonds is 5. The number of fused-ring (bicyclic) bond motifs is 1. The zero-order chi connectivity index (χ0) is 27.3. The Hall–Kier alpha value is -2.79. The number of Topliss-reactive ketones (excluding diaryl/α,β-unsaturated/α-hetero) is 1. The third-order valence-corrected chi connectivity index (χ3v) is 4.01. The zero-order valence-electron chi connectivity index (χ0n) is 22.1. The molecule has 2 aromatic heterocycles. The fourth-order valence-corrected chi connectivity index (χ4v) is 2.89. The Balaban J connectivity index is 0. The molecule has 0 saturated carbocycles. The van der Waals surface area contributed by atoms with Crippen molar-refractivity contribution in [3.05, 3.63) is 41.4 Å². The Morgan fingerprint density at radius 2 is 1.79 bits per heavy atom. The molecule has 0 saturated heterocycles. The lowest BCUT2D eigenvalue weighted by atomic mass is 10.0. The number of terminal acetylenes is 1. The third-order valence-electron chi connectivity index (χ3n) is 4.01. The number of carbonyl (C=O) groups is 1. The molecule has 0 aromatic carbocycles. The van der Waals surface area contributed by atoms with Gasteiger partial charge in [-0.15, -0.1) is 12.3 Å². The highest BCUT2D eigenvalue weighted by atomic mass is 19.4. The van der Waals surface area contributed by atoms with Crippen LogP contribution in [0.25, 0.3) is 11.1 Å². The van der Waals surface area contributed by atoms with E-state index in [4.69, 9.17) is 5.11 Å². The van der Waals surface area contributed by atoms with Crippen molar-refractivity contribution in [3.63, 3.8) is 0 Å². The standard InChI is InChI=1S/C14H16F3N3.C7H14O2.C3H4.C2H6/c1-9(8-19(3)4)13-10(2)18-20-6-5-11(7-12(13)20)14(15,16)17;1-4-6(8)5-7(2,3)9;1-3-2;1-2/h5-8H,1-4H3;9H,4-5H2,1-3H3;1H,2H3;1-2H3/b9-8+;;;. The van der Waals surface area contributed by atoms with Crippen LogP contribution in [0, 0.1) is 19.3 Å². The van der Waals surface area contributed by atoms with E-state index in [0.29, 0.717) is 17.6 Å². The van der Waals surface area contributed by atoms with Crippen molar-refractivity contribution in [2.75, 3.05) is 14.1 Å². The fraction of sp³-hybridized carbons (Fsp3) is 0.538. The zero-order valence-corrected chi connectivity index (χ0v) is 22.1. The molecule has 2 rings (SSSR count). The Kier molecular flexibility index (Phi) is 14.9. The molecular formula is C26H40F3N3O2. The van der Waals surface area contributed by atoms with E-state index >= 15 is 0 Å². The summed E-state index contributed by atoms with van der Waals surface area (Å²) in [5.41, 5.74) is 1.30. The first kappa shape index (κ1) is 33.4. The van der Waals surface area contributed by atoms with Crippen LogP contribution < -0.4 is 0 Å². The van der Waals surface area contributed by atoms with Crippen LogP contribution in [0.15, 0.2) is 24.5 Å². The van der Waals surface area contributed by atoms with Crippen LogP contribution in [0.3, 0.4) is 0 Å². The summed E-state index contributed by atoms with van der Waals surface area (Å²) in [6.07, 6.45) is 4.24. The average Bonchev–Trinajstić information content (AvgIpc) is 3.03. The minimum absolute atomic E-state index is 0.113. The molecule has 0 fully saturated rings. The smallest absolute Gasteiger partial charge is 0.390 e. The molecule has 0 radical (unpaired) electrons. The fourth-order valence-electron chi connectivity index (χ4n) is 2.89. The number of aliphatic hydroxyl groups is 1. The van der Waals surface area contributed by atoms with Crippen molar-refractivity contribution in [3.8, 4) is 12.3 Å². The van der Waals surface area contributed by atoms with Gasteiger partial charge >= 0.3 is 6.18 Å². The van der Waals surface area contributed by atoms with Crippen LogP contribution in [-0.4, -0.2) is 45.1 Å². The summed E-state index contributed by atoms with van der Waals surface area (Å²) in [5, 5.41) is 13.4. The van der Waals surface area contributed by atoms with Gasteiger partial charge in [-0.25, -0.2) is 4.52 Å². The summed E-state index contributed by atoms with van der Waals surface area (Å²) in [7, 11) is 3.73. The Bertz CT molecular complexity index is 961. The van der Waals surface area contributed by atoms with Crippen molar-refractivity contribution in [2.24, 2.45) is 0 Å². The lowest BCUT2D eigenvalue weighted by Gasteiger charge is -2.14. The molecule has 5 nitrogen and oxygen atoms in total. The number of alkyl halides is 3. The number of aryl methyl sites for hydroxylation is 1. The van der Waals surface area contributed by atoms with Gasteiger partial charge in [-0.3, -0.25) is 4.79 Å². The second-order valence-corrected chi connectivity index (χ2v) is 8.15. The van der Waals surface area contributed by atoms with E-state index in [9.17, 15) is 18.0 Å². The molecule has 0 atom stereocenters. The molecule has 34 heavy (non-hydrogen) atoms. The molecule has 0 amide bonds. The molecule has 8 heteroatoms. The highest BCUT2D eigenvalue weighted by molar-refractivity contribution is 5.79. The van der Waals surface area contributed by atoms with E-state index in [-0.39, 0.29) is 12.2 Å². The van der Waals surface area contributed by atoms with Gasteiger partial charge in [0.05, 0.1) is 22.4 Å². The first-order valence-corrected chi connectivity index (χ1v) is 11.1. The number of hydrogen-bond acceptors (Lipinski definition) is 4. The van der Waals surface area contributed by atoms with Crippen LogP contribution in [0.2, 0.25) is 0 Å². The lowest BCUT2D eigenvalue weighted by Crippen LogP contribution is -2.22. The van der Waals surface area contributed by atoms with Crippen molar-refractivity contribution in [1.29, 1.82) is 0 Å². The minimum Gasteiger partial charge on any atom is -0.390 e. The highest BCUT2D eigenvalue weighted by Crippen LogP contribution is 2.32. The molecule has 0 aliphatic heterocycles. The van der Waals surface area contributed by atoms with Crippen LogP contribution in [0.4, 0.5) is 13.2 Å². The number of carbonyl (C=O) groups excluding carboxylic acids is 1. The van der Waals surface area contributed by atoms with Crippen molar-refractivity contribution < 1.29 is 23.1 Å². The summed E-state index contributed by atoms with van der Waals surface area (Å²) < 4.78 is 39.9. The van der Waals surface area contributed by atoms with Crippen molar-refractivity contribution in [2.45, 2.75) is 80.0 Å². The van der Waals surface area contributed by atoms with Crippen LogP contribution in [0.5, 0.6) is 0 Å². The second-order valence-electron chi connectivity index (χ2n) is 8.15. The van der Waals surface area contributed by atoms with Gasteiger partial charge in [0.15, 0.2) is 0 Å². The number of nitrogens with zero attached hydrogens (tertiary/aromatic N) is 3. The van der Waals surface area contributed by atoms with E-state index in [1.807, 2.05) is 46.0 Å². The van der Waals surface area contributed by atoms with Crippen LogP contribution >= 0.6 is 0 Å².